The van der Waals surface area contributed by atoms with Crippen LogP contribution in [0.15, 0.2) is 48.5 Å². The van der Waals surface area contributed by atoms with Gasteiger partial charge >= 0.3 is 0 Å². The summed E-state index contributed by atoms with van der Waals surface area (Å²) in [4.78, 5) is 20.9. The van der Waals surface area contributed by atoms with E-state index < -0.39 is 11.7 Å². The van der Waals surface area contributed by atoms with Crippen molar-refractivity contribution in [2.75, 3.05) is 17.7 Å². The molecule has 2 aromatic carbocycles. The smallest absolute Gasteiger partial charge is 0.274 e. The number of methoxy groups -OCH3 is 1. The molecule has 0 atom stereocenters. The molecule has 0 aliphatic rings. The predicted molar refractivity (Wildman–Crippen MR) is 102 cm³/mol. The Morgan fingerprint density at radius 3 is 2.63 bits per heavy atom. The summed E-state index contributed by atoms with van der Waals surface area (Å²) in [6, 6.07) is 12.5. The molecule has 0 saturated carbocycles. The van der Waals surface area contributed by atoms with E-state index in [0.717, 1.165) is 0 Å². The van der Waals surface area contributed by atoms with E-state index in [2.05, 4.69) is 20.6 Å². The molecule has 138 valence electrons. The second-order valence-electron chi connectivity index (χ2n) is 5.59. The van der Waals surface area contributed by atoms with Gasteiger partial charge in [-0.05, 0) is 37.3 Å². The topological polar surface area (TPSA) is 76.1 Å². The van der Waals surface area contributed by atoms with E-state index in [1.807, 2.05) is 0 Å². The molecule has 0 spiro atoms. The molecule has 0 aliphatic carbocycles. The lowest BCUT2D eigenvalue weighted by molar-refractivity contribution is 0.102. The number of halogens is 2. The van der Waals surface area contributed by atoms with Crippen molar-refractivity contribution >= 4 is 34.7 Å². The van der Waals surface area contributed by atoms with E-state index in [-0.39, 0.29) is 11.4 Å². The van der Waals surface area contributed by atoms with Crippen LogP contribution in [0.2, 0.25) is 5.02 Å². The number of benzene rings is 2. The number of hydrogen-bond donors (Lipinski definition) is 2. The lowest BCUT2D eigenvalue weighted by Gasteiger charge is -2.10. The van der Waals surface area contributed by atoms with Crippen molar-refractivity contribution in [2.24, 2.45) is 0 Å². The number of carbonyl (C=O) groups excluding carboxylic acids is 1. The van der Waals surface area contributed by atoms with Gasteiger partial charge in [-0.2, -0.15) is 0 Å². The Hall–Kier alpha value is -3.19. The maximum Gasteiger partial charge on any atom is 0.274 e. The fourth-order valence-corrected chi connectivity index (χ4v) is 2.65. The van der Waals surface area contributed by atoms with Crippen molar-refractivity contribution < 1.29 is 13.9 Å². The van der Waals surface area contributed by atoms with Gasteiger partial charge in [-0.15, -0.1) is 0 Å². The number of carbonyl (C=O) groups is 1. The molecule has 3 aromatic rings. The summed E-state index contributed by atoms with van der Waals surface area (Å²) in [6.07, 6.45) is 0. The predicted octanol–water partition coefficient (Wildman–Crippen LogP) is 4.58. The maximum absolute atomic E-state index is 13.8. The zero-order chi connectivity index (χ0) is 19.4. The van der Waals surface area contributed by atoms with Gasteiger partial charge in [0.15, 0.2) is 0 Å². The number of ether oxygens (including phenoxy) is 1. The van der Waals surface area contributed by atoms with Crippen LogP contribution in [0.25, 0.3) is 0 Å². The van der Waals surface area contributed by atoms with Gasteiger partial charge in [0.25, 0.3) is 5.91 Å². The van der Waals surface area contributed by atoms with Gasteiger partial charge in [0.05, 0.1) is 17.8 Å². The summed E-state index contributed by atoms with van der Waals surface area (Å²) in [7, 11) is 1.51. The number of rotatable bonds is 5. The fourth-order valence-electron chi connectivity index (χ4n) is 2.39. The zero-order valence-corrected chi connectivity index (χ0v) is 15.3. The van der Waals surface area contributed by atoms with E-state index in [9.17, 15) is 9.18 Å². The average Bonchev–Trinajstić information content (AvgIpc) is 2.63. The molecule has 0 radical (unpaired) electrons. The van der Waals surface area contributed by atoms with Crippen LogP contribution in [0, 0.1) is 12.7 Å². The molecule has 8 heteroatoms. The number of anilines is 3. The first kappa shape index (κ1) is 18.6. The van der Waals surface area contributed by atoms with Gasteiger partial charge in [-0.25, -0.2) is 14.4 Å². The summed E-state index contributed by atoms with van der Waals surface area (Å²) in [5.41, 5.74) is 0.878. The standard InChI is InChI=1S/C19H16ClFN4O2/c1-11-22-16(10-18(23-11)25-15-6-4-3-5-14(15)21)19(26)24-12-7-8-17(27-2)13(20)9-12/h3-10H,1-2H3,(H,24,26)(H,22,23,25). The highest BCUT2D eigenvalue weighted by Gasteiger charge is 2.13. The van der Waals surface area contributed by atoms with Crippen LogP contribution < -0.4 is 15.4 Å². The molecule has 27 heavy (non-hydrogen) atoms. The molecule has 1 amide bonds. The van der Waals surface area contributed by atoms with Gasteiger partial charge in [-0.1, -0.05) is 23.7 Å². The minimum absolute atomic E-state index is 0.133. The first-order valence-electron chi connectivity index (χ1n) is 7.98. The first-order valence-corrected chi connectivity index (χ1v) is 8.36. The number of nitrogens with zero attached hydrogens (tertiary/aromatic N) is 2. The van der Waals surface area contributed by atoms with Crippen LogP contribution in [0.4, 0.5) is 21.6 Å². The SMILES string of the molecule is COc1ccc(NC(=O)c2cc(Nc3ccccc3F)nc(C)n2)cc1Cl. The first-order chi connectivity index (χ1) is 13.0. The van der Waals surface area contributed by atoms with Crippen molar-refractivity contribution in [2.45, 2.75) is 6.92 Å². The highest BCUT2D eigenvalue weighted by molar-refractivity contribution is 6.32. The van der Waals surface area contributed by atoms with E-state index in [1.54, 1.807) is 43.3 Å². The van der Waals surface area contributed by atoms with E-state index in [1.165, 1.54) is 19.2 Å². The summed E-state index contributed by atoms with van der Waals surface area (Å²) in [6.45, 7) is 1.65. The zero-order valence-electron chi connectivity index (χ0n) is 14.6. The second-order valence-corrected chi connectivity index (χ2v) is 6.00. The molecule has 1 aromatic heterocycles. The number of hydrogen-bond acceptors (Lipinski definition) is 5. The molecule has 0 unspecified atom stereocenters. The lowest BCUT2D eigenvalue weighted by atomic mass is 10.2. The molecule has 1 heterocycles. The molecular formula is C19H16ClFN4O2. The monoisotopic (exact) mass is 386 g/mol. The van der Waals surface area contributed by atoms with Crippen molar-refractivity contribution in [1.29, 1.82) is 0 Å². The fraction of sp³-hybridized carbons (Fsp3) is 0.105. The number of amides is 1. The highest BCUT2D eigenvalue weighted by Crippen LogP contribution is 2.27. The normalized spacial score (nSPS) is 10.4. The van der Waals surface area contributed by atoms with E-state index >= 15 is 0 Å². The summed E-state index contributed by atoms with van der Waals surface area (Å²) in [5.74, 6) is 0.314. The third kappa shape index (κ3) is 4.51. The summed E-state index contributed by atoms with van der Waals surface area (Å²) in [5, 5.41) is 5.93. The number of para-hydroxylation sites is 1. The van der Waals surface area contributed by atoms with Crippen LogP contribution >= 0.6 is 11.6 Å². The van der Waals surface area contributed by atoms with Crippen molar-refractivity contribution in [1.82, 2.24) is 9.97 Å². The van der Waals surface area contributed by atoms with Gasteiger partial charge in [0.1, 0.15) is 28.9 Å². The molecular weight excluding hydrogens is 371 g/mol. The highest BCUT2D eigenvalue weighted by atomic mass is 35.5. The second kappa shape index (κ2) is 8.01. The largest absolute Gasteiger partial charge is 0.495 e. The van der Waals surface area contributed by atoms with Crippen molar-refractivity contribution in [3.63, 3.8) is 0 Å². The third-order valence-electron chi connectivity index (χ3n) is 3.62. The quantitative estimate of drug-likeness (QED) is 0.671. The van der Waals surface area contributed by atoms with Gasteiger partial charge in [0.2, 0.25) is 0 Å². The summed E-state index contributed by atoms with van der Waals surface area (Å²) < 4.78 is 18.9. The Labute approximate surface area is 160 Å². The third-order valence-corrected chi connectivity index (χ3v) is 3.91. The van der Waals surface area contributed by atoms with E-state index in [0.29, 0.717) is 28.1 Å². The number of aryl methyl sites for hydroxylation is 1. The molecule has 2 N–H and O–H groups in total. The average molecular weight is 387 g/mol. The number of aromatic nitrogens is 2. The molecule has 0 bridgehead atoms. The molecule has 0 saturated heterocycles. The Kier molecular flexibility index (Phi) is 5.52. The minimum atomic E-state index is -0.446. The van der Waals surface area contributed by atoms with Gasteiger partial charge in [0, 0.05) is 11.8 Å². The van der Waals surface area contributed by atoms with Crippen LogP contribution in [0.3, 0.4) is 0 Å². The Morgan fingerprint density at radius 1 is 1.15 bits per heavy atom. The minimum Gasteiger partial charge on any atom is -0.495 e. The van der Waals surface area contributed by atoms with Crippen LogP contribution in [-0.4, -0.2) is 23.0 Å². The van der Waals surface area contributed by atoms with Gasteiger partial charge in [-0.3, -0.25) is 4.79 Å². The number of nitrogens with one attached hydrogen (secondary N) is 2. The van der Waals surface area contributed by atoms with Gasteiger partial charge < -0.3 is 15.4 Å². The Balaban J connectivity index is 1.82. The Morgan fingerprint density at radius 2 is 1.93 bits per heavy atom. The summed E-state index contributed by atoms with van der Waals surface area (Å²) >= 11 is 6.07. The lowest BCUT2D eigenvalue weighted by Crippen LogP contribution is -2.15. The van der Waals surface area contributed by atoms with Crippen LogP contribution in [0.5, 0.6) is 5.75 Å². The van der Waals surface area contributed by atoms with Crippen molar-refractivity contribution in [3.8, 4) is 5.75 Å². The van der Waals surface area contributed by atoms with E-state index in [4.69, 9.17) is 16.3 Å². The molecule has 3 rings (SSSR count). The van der Waals surface area contributed by atoms with Crippen LogP contribution in [0.1, 0.15) is 16.3 Å². The maximum atomic E-state index is 13.8. The molecule has 0 fully saturated rings. The van der Waals surface area contributed by atoms with Crippen molar-refractivity contribution in [3.05, 3.63) is 70.9 Å². The molecule has 0 aliphatic heterocycles. The Bertz CT molecular complexity index is 997. The molecule has 6 nitrogen and oxygen atoms in total. The van der Waals surface area contributed by atoms with Crippen LogP contribution in [-0.2, 0) is 0 Å².